The van der Waals surface area contributed by atoms with Crippen molar-refractivity contribution in [2.45, 2.75) is 218 Å². The Balaban J connectivity index is 0.864. The fourth-order valence-corrected chi connectivity index (χ4v) is 14.2. The van der Waals surface area contributed by atoms with Crippen LogP contribution in [-0.4, -0.2) is 377 Å². The average molecular weight is 1430 g/mol. The van der Waals surface area contributed by atoms with Crippen molar-refractivity contribution >= 4 is 11.8 Å². The van der Waals surface area contributed by atoms with Crippen molar-refractivity contribution in [3.05, 3.63) is 23.8 Å². The lowest BCUT2D eigenvalue weighted by atomic mass is 9.93. The second kappa shape index (κ2) is 38.8. The van der Waals surface area contributed by atoms with Crippen LogP contribution in [0.25, 0.3) is 0 Å². The number of hydrogen-bond acceptors (Lipinski definition) is 33. The fraction of sp³-hybridized carbons (Fsp3) is 0.903. The van der Waals surface area contributed by atoms with E-state index in [1.807, 2.05) is 6.92 Å². The zero-order chi connectivity index (χ0) is 71.8. The highest BCUT2D eigenvalue weighted by atomic mass is 16.8. The van der Waals surface area contributed by atoms with E-state index in [4.69, 9.17) is 123 Å². The van der Waals surface area contributed by atoms with E-state index in [2.05, 4.69) is 31.3 Å². The molecule has 37 nitrogen and oxygen atoms in total. The highest BCUT2D eigenvalue weighted by molar-refractivity contribution is 5.92. The van der Waals surface area contributed by atoms with E-state index in [9.17, 15) is 14.7 Å². The van der Waals surface area contributed by atoms with Gasteiger partial charge in [0.1, 0.15) is 128 Å². The first-order valence-electron chi connectivity index (χ1n) is 32.8. The molecule has 568 valence electrons. The largest absolute Gasteiger partial charge is 0.394 e. The fourth-order valence-electron chi connectivity index (χ4n) is 14.2. The number of rotatable bonds is 36. The van der Waals surface area contributed by atoms with E-state index in [-0.39, 0.29) is 63.6 Å². The standard InChI is InChI=1S/C62H106N8O29/c1-29-39(47(80-10)53(86-16)59(91-29)96-45-37(27-76-6)94-61(55(88-18)51(45)84-14)98-43-35(25-74-4)90-31(3)41(78-8)49(43)82-12)63-57(72)32-22-69(67-65-32)20-21-70-23-33(66-68-70)58(73)64-40-30(2)92-60(54(87-17)48(40)81-11)97-46-38(28-77-7)95-62(56(89-19)52(46)85-15)99-44-36(26-75-5)93-34(24-71)42(79-9)50(44)83-13/h22-23,29-31,34-56,59-62,71H,20-21,24-28H2,1-19H3,(H,63,72)(H,64,73)/t29?,30?,31?,34?,35?,36?,37?,38?,39?,40?,41-,42+,43?,44?,45?,46?,47?,48?,49?,50?,51?,52?,53?,54?,55?,56?,59?,60?,61?,62?/m1/s1. The zero-order valence-corrected chi connectivity index (χ0v) is 60.0. The van der Waals surface area contributed by atoms with Gasteiger partial charge in [-0.05, 0) is 20.8 Å². The van der Waals surface area contributed by atoms with Gasteiger partial charge in [-0.1, -0.05) is 10.4 Å². The lowest BCUT2D eigenvalue weighted by Crippen LogP contribution is -2.68. The molecule has 2 aromatic rings. The molecule has 37 heteroatoms. The number of methoxy groups -OCH3 is 16. The number of hydrogen-bond donors (Lipinski definition) is 3. The average Bonchev–Trinajstić information content (AvgIpc) is 1.28. The van der Waals surface area contributed by atoms with E-state index in [1.165, 1.54) is 114 Å². The lowest BCUT2D eigenvalue weighted by Gasteiger charge is -2.51. The number of carbonyl (C=O) groups excluding carboxylic acids is 2. The molecule has 0 aliphatic carbocycles. The minimum absolute atomic E-state index is 0.00710. The summed E-state index contributed by atoms with van der Waals surface area (Å²) < 4.78 is 163. The lowest BCUT2D eigenvalue weighted by molar-refractivity contribution is -0.374. The van der Waals surface area contributed by atoms with Gasteiger partial charge in [0.05, 0.1) is 88.9 Å². The van der Waals surface area contributed by atoms with Crippen molar-refractivity contribution in [2.24, 2.45) is 0 Å². The highest BCUT2D eigenvalue weighted by Crippen LogP contribution is 2.39. The van der Waals surface area contributed by atoms with E-state index in [0.29, 0.717) is 0 Å². The van der Waals surface area contributed by atoms with E-state index in [0.717, 1.165) is 0 Å². The van der Waals surface area contributed by atoms with Gasteiger partial charge in [0, 0.05) is 114 Å². The van der Waals surface area contributed by atoms with Crippen LogP contribution in [0.5, 0.6) is 0 Å². The van der Waals surface area contributed by atoms with Crippen molar-refractivity contribution in [3.63, 3.8) is 0 Å². The van der Waals surface area contributed by atoms with Crippen LogP contribution >= 0.6 is 0 Å². The number of aryl methyl sites for hydroxylation is 2. The summed E-state index contributed by atoms with van der Waals surface area (Å²) in [5.41, 5.74) is -0.0191. The molecule has 8 rings (SSSR count). The number of aliphatic hydroxyl groups is 1. The third kappa shape index (κ3) is 18.3. The number of nitrogens with one attached hydrogen (secondary N) is 2. The Morgan fingerprint density at radius 3 is 0.980 bits per heavy atom. The van der Waals surface area contributed by atoms with E-state index in [1.54, 1.807) is 35.2 Å². The summed E-state index contributed by atoms with van der Waals surface area (Å²) in [6.07, 6.45) is -19.7. The molecule has 2 aromatic heterocycles. The molecule has 30 atom stereocenters. The highest BCUT2D eigenvalue weighted by Gasteiger charge is 2.58. The van der Waals surface area contributed by atoms with Crippen molar-refractivity contribution in [2.75, 3.05) is 147 Å². The van der Waals surface area contributed by atoms with Gasteiger partial charge in [-0.3, -0.25) is 9.59 Å². The first kappa shape index (κ1) is 80.8. The molecule has 6 aliphatic heterocycles. The maximum Gasteiger partial charge on any atom is 0.273 e. The number of amides is 2. The Morgan fingerprint density at radius 2 is 0.657 bits per heavy atom. The number of aromatic nitrogens is 6. The van der Waals surface area contributed by atoms with E-state index >= 15 is 0 Å². The van der Waals surface area contributed by atoms with Gasteiger partial charge < -0.3 is 139 Å². The van der Waals surface area contributed by atoms with Crippen LogP contribution < -0.4 is 10.6 Å². The van der Waals surface area contributed by atoms with Gasteiger partial charge in [-0.15, -0.1) is 10.2 Å². The molecule has 6 saturated heterocycles. The summed E-state index contributed by atoms with van der Waals surface area (Å²) in [4.78, 5) is 28.0. The number of ether oxygens (including phenoxy) is 26. The Morgan fingerprint density at radius 1 is 0.364 bits per heavy atom. The maximum absolute atomic E-state index is 14.0. The molecule has 2 amide bonds. The zero-order valence-electron chi connectivity index (χ0n) is 60.0. The summed E-state index contributed by atoms with van der Waals surface area (Å²) >= 11 is 0. The third-order valence-corrected chi connectivity index (χ3v) is 19.0. The molecular weight excluding hydrogens is 1320 g/mol. The normalized spacial score (nSPS) is 39.8. The Kier molecular flexibility index (Phi) is 31.6. The smallest absolute Gasteiger partial charge is 0.273 e. The van der Waals surface area contributed by atoms with Crippen LogP contribution in [0, 0.1) is 0 Å². The minimum Gasteiger partial charge on any atom is -0.394 e. The molecule has 99 heavy (non-hydrogen) atoms. The summed E-state index contributed by atoms with van der Waals surface area (Å²) in [6.45, 7) is 5.78. The molecule has 8 heterocycles. The van der Waals surface area contributed by atoms with Crippen LogP contribution in [0.3, 0.4) is 0 Å². The van der Waals surface area contributed by atoms with Crippen molar-refractivity contribution in [3.8, 4) is 0 Å². The van der Waals surface area contributed by atoms with E-state index < -0.39 is 189 Å². The molecule has 3 N–H and O–H groups in total. The summed E-state index contributed by atoms with van der Waals surface area (Å²) in [7, 11) is 24.2. The molecule has 0 spiro atoms. The SMILES string of the molecule is COCC1OC(OC2C(COC)OC(C)[C@@H](OC)C2OC)C(OC)C(OC)C1OC1OC(C)C(NC(=O)c2cn(CCn3cc(C(=O)NC4C(C)OC(OC5C(COC)OC(OC6C(COC)OC(CO)[C@H](OC)C6OC)C(OC)C5OC)C(OC)C4OC)nn3)nn2)C(OC)C1OC. The van der Waals surface area contributed by atoms with Crippen LogP contribution in [0.2, 0.25) is 0 Å². The van der Waals surface area contributed by atoms with Gasteiger partial charge in [0.2, 0.25) is 0 Å². The van der Waals surface area contributed by atoms with Gasteiger partial charge >= 0.3 is 0 Å². The molecular formula is C62H106N8O29. The van der Waals surface area contributed by atoms with Crippen LogP contribution in [-0.2, 0) is 136 Å². The molecule has 0 bridgehead atoms. The van der Waals surface area contributed by atoms with Gasteiger partial charge in [0.15, 0.2) is 36.5 Å². The summed E-state index contributed by atoms with van der Waals surface area (Å²) in [5, 5.41) is 32.8. The van der Waals surface area contributed by atoms with Crippen molar-refractivity contribution in [1.82, 2.24) is 40.6 Å². The summed E-state index contributed by atoms with van der Waals surface area (Å²) in [6, 6.07) is -1.58. The first-order chi connectivity index (χ1) is 47.9. The molecule has 6 fully saturated rings. The summed E-state index contributed by atoms with van der Waals surface area (Å²) in [5.74, 6) is -1.16. The minimum atomic E-state index is -1.12. The predicted molar refractivity (Wildman–Crippen MR) is 335 cm³/mol. The van der Waals surface area contributed by atoms with Crippen molar-refractivity contribution < 1.29 is 138 Å². The van der Waals surface area contributed by atoms with Crippen LogP contribution in [0.4, 0.5) is 0 Å². The Hall–Kier alpha value is -3.86. The number of aliphatic hydroxyl groups excluding tert-OH is 1. The molecule has 28 unspecified atom stereocenters. The number of nitrogens with zero attached hydrogens (tertiary/aromatic N) is 6. The Bertz CT molecular complexity index is 2700. The second-order valence-electron chi connectivity index (χ2n) is 24.6. The first-order valence-corrected chi connectivity index (χ1v) is 32.8. The third-order valence-electron chi connectivity index (χ3n) is 19.0. The Labute approximate surface area is 576 Å². The second-order valence-corrected chi connectivity index (χ2v) is 24.6. The monoisotopic (exact) mass is 1430 g/mol. The topological polar surface area (TPSA) is 380 Å². The van der Waals surface area contributed by atoms with Gasteiger partial charge in [0.25, 0.3) is 11.8 Å². The molecule has 6 aliphatic rings. The van der Waals surface area contributed by atoms with Crippen LogP contribution in [0.1, 0.15) is 41.7 Å². The van der Waals surface area contributed by atoms with Gasteiger partial charge in [-0.2, -0.15) is 0 Å². The quantitative estimate of drug-likeness (QED) is 0.0638. The predicted octanol–water partition coefficient (Wildman–Crippen LogP) is -2.44. The molecule has 0 saturated carbocycles. The maximum atomic E-state index is 14.0. The molecule has 0 radical (unpaired) electrons. The van der Waals surface area contributed by atoms with Crippen molar-refractivity contribution in [1.29, 1.82) is 0 Å². The number of carbonyl (C=O) groups is 2. The molecule has 0 aromatic carbocycles. The van der Waals surface area contributed by atoms with Crippen LogP contribution in [0.15, 0.2) is 12.4 Å². The van der Waals surface area contributed by atoms with Gasteiger partial charge in [-0.25, -0.2) is 9.36 Å².